The molecule has 0 fully saturated rings. The Labute approximate surface area is 159 Å². The largest absolute Gasteiger partial charge is 0.294 e. The number of fused-ring (bicyclic) bond motifs is 3. The predicted molar refractivity (Wildman–Crippen MR) is 102 cm³/mol. The monoisotopic (exact) mass is 371 g/mol. The molecule has 0 radical (unpaired) electrons. The maximum atomic E-state index is 13.1. The summed E-state index contributed by atoms with van der Waals surface area (Å²) >= 11 is 0. The van der Waals surface area contributed by atoms with Crippen LogP contribution in [0.4, 0.5) is 5.69 Å². The van der Waals surface area contributed by atoms with Gasteiger partial charge in [-0.3, -0.25) is 24.7 Å². The van der Waals surface area contributed by atoms with E-state index >= 15 is 0 Å². The molecule has 0 bridgehead atoms. The highest BCUT2D eigenvalue weighted by Gasteiger charge is 2.46. The molecule has 5 rings (SSSR count). The van der Waals surface area contributed by atoms with Crippen LogP contribution in [-0.4, -0.2) is 34.1 Å². The fourth-order valence-electron chi connectivity index (χ4n) is 3.97. The Morgan fingerprint density at radius 2 is 1.61 bits per heavy atom. The number of Topliss-reactive ketones (excluding diaryl/α,β-unsaturated/α-hetero) is 2. The third-order valence-electron chi connectivity index (χ3n) is 5.36. The number of hydrogen-bond donors (Lipinski definition) is 0. The number of non-ortho nitro benzene ring substituents is 1. The molecule has 0 saturated carbocycles. The lowest BCUT2D eigenvalue weighted by molar-refractivity contribution is -0.384. The summed E-state index contributed by atoms with van der Waals surface area (Å²) in [4.78, 5) is 45.4. The van der Waals surface area contributed by atoms with E-state index in [4.69, 9.17) is 0 Å². The minimum atomic E-state index is -0.609. The molecule has 28 heavy (non-hydrogen) atoms. The van der Waals surface area contributed by atoms with E-state index in [2.05, 4.69) is 9.98 Å². The van der Waals surface area contributed by atoms with E-state index in [0.29, 0.717) is 28.3 Å². The second kappa shape index (κ2) is 5.88. The molecule has 1 heterocycles. The van der Waals surface area contributed by atoms with Crippen LogP contribution < -0.4 is 0 Å². The van der Waals surface area contributed by atoms with Gasteiger partial charge in [0.15, 0.2) is 17.4 Å². The van der Waals surface area contributed by atoms with E-state index in [1.165, 1.54) is 12.1 Å². The summed E-state index contributed by atoms with van der Waals surface area (Å²) in [6.45, 7) is 0. The van der Waals surface area contributed by atoms with Crippen molar-refractivity contribution in [1.82, 2.24) is 0 Å². The van der Waals surface area contributed by atoms with Crippen LogP contribution in [-0.2, 0) is 9.59 Å². The van der Waals surface area contributed by atoms with Crippen LogP contribution in [0.25, 0.3) is 0 Å². The van der Waals surface area contributed by atoms with Gasteiger partial charge in [-0.05, 0) is 24.3 Å². The first-order valence-electron chi connectivity index (χ1n) is 8.81. The van der Waals surface area contributed by atoms with Crippen molar-refractivity contribution in [1.29, 1.82) is 0 Å². The molecule has 0 spiro atoms. The predicted octanol–water partition coefficient (Wildman–Crippen LogP) is 2.54. The highest BCUT2D eigenvalue weighted by atomic mass is 16.6. The summed E-state index contributed by atoms with van der Waals surface area (Å²) in [5.74, 6) is -0.735. The number of benzene rings is 1. The van der Waals surface area contributed by atoms with Crippen molar-refractivity contribution in [2.75, 3.05) is 0 Å². The van der Waals surface area contributed by atoms with E-state index in [9.17, 15) is 19.7 Å². The van der Waals surface area contributed by atoms with Crippen molar-refractivity contribution in [3.63, 3.8) is 0 Å². The topological polar surface area (TPSA) is 102 Å². The van der Waals surface area contributed by atoms with Gasteiger partial charge in [0.1, 0.15) is 6.04 Å². The smallest absolute Gasteiger partial charge is 0.269 e. The van der Waals surface area contributed by atoms with Crippen LogP contribution in [0.2, 0.25) is 0 Å². The number of carbonyl (C=O) groups is 2. The third-order valence-corrected chi connectivity index (χ3v) is 5.36. The molecule has 0 aromatic heterocycles. The lowest BCUT2D eigenvalue weighted by Crippen LogP contribution is -2.41. The van der Waals surface area contributed by atoms with Gasteiger partial charge in [-0.15, -0.1) is 0 Å². The minimum Gasteiger partial charge on any atom is -0.294 e. The summed E-state index contributed by atoms with van der Waals surface area (Å²) < 4.78 is 0. The molecule has 0 saturated heterocycles. The highest BCUT2D eigenvalue weighted by molar-refractivity contribution is 6.27. The molecule has 7 heteroatoms. The SMILES string of the molecule is O=C1C2=C(C(=O)[C@@H]3C=CC=C[C@@H]13)[C@H]1N=C(c3ccc([N+](=O)[O-])cc3)N=C1C=C2. The summed E-state index contributed by atoms with van der Waals surface area (Å²) in [5, 5.41) is 10.8. The van der Waals surface area contributed by atoms with E-state index < -0.39 is 22.8 Å². The molecule has 1 aliphatic heterocycles. The maximum absolute atomic E-state index is 13.1. The zero-order valence-corrected chi connectivity index (χ0v) is 14.5. The van der Waals surface area contributed by atoms with Crippen molar-refractivity contribution >= 4 is 28.8 Å². The number of nitro groups is 1. The van der Waals surface area contributed by atoms with Crippen LogP contribution in [0.15, 0.2) is 81.9 Å². The van der Waals surface area contributed by atoms with Crippen LogP contribution in [0, 0.1) is 22.0 Å². The number of aliphatic imine (C=N–C) groups is 2. The van der Waals surface area contributed by atoms with Crippen LogP contribution in [0.5, 0.6) is 0 Å². The molecule has 3 aliphatic carbocycles. The molecule has 0 unspecified atom stereocenters. The van der Waals surface area contributed by atoms with Gasteiger partial charge in [0.05, 0.1) is 22.5 Å². The first-order chi connectivity index (χ1) is 13.5. The molecule has 3 atom stereocenters. The average Bonchev–Trinajstić information content (AvgIpc) is 3.16. The summed E-state index contributed by atoms with van der Waals surface area (Å²) in [7, 11) is 0. The quantitative estimate of drug-likeness (QED) is 0.589. The number of ketones is 2. The molecular weight excluding hydrogens is 358 g/mol. The van der Waals surface area contributed by atoms with Gasteiger partial charge < -0.3 is 0 Å². The Kier molecular flexibility index (Phi) is 3.45. The Balaban J connectivity index is 1.56. The summed E-state index contributed by atoms with van der Waals surface area (Å²) in [6.07, 6.45) is 10.5. The Bertz CT molecular complexity index is 1130. The lowest BCUT2D eigenvalue weighted by atomic mass is 9.69. The summed E-state index contributed by atoms with van der Waals surface area (Å²) in [6, 6.07) is 5.33. The van der Waals surface area contributed by atoms with Crippen molar-refractivity contribution < 1.29 is 14.5 Å². The highest BCUT2D eigenvalue weighted by Crippen LogP contribution is 2.39. The zero-order valence-electron chi connectivity index (χ0n) is 14.5. The fourth-order valence-corrected chi connectivity index (χ4v) is 3.97. The molecular formula is C21H13N3O4. The number of hydrogen-bond acceptors (Lipinski definition) is 6. The Morgan fingerprint density at radius 1 is 0.929 bits per heavy atom. The molecule has 0 N–H and O–H groups in total. The van der Waals surface area contributed by atoms with Crippen molar-refractivity contribution in [3.05, 3.63) is 87.5 Å². The standard InChI is InChI=1S/C21H13N3O4/c25-19-13-3-1-2-4-14(13)20(26)17-15(19)9-10-16-18(17)23-21(22-16)11-5-7-12(8-6-11)24(27)28/h1-10,13-14,18H/t13-,14-,18+/m1/s1. The average molecular weight is 371 g/mol. The first kappa shape index (κ1) is 16.4. The molecule has 4 aliphatic rings. The summed E-state index contributed by atoms with van der Waals surface area (Å²) in [5.41, 5.74) is 2.00. The number of allylic oxidation sites excluding steroid dienone is 6. The molecule has 0 amide bonds. The Morgan fingerprint density at radius 3 is 2.29 bits per heavy atom. The molecule has 136 valence electrons. The van der Waals surface area contributed by atoms with E-state index in [1.54, 1.807) is 48.6 Å². The third kappa shape index (κ3) is 2.29. The van der Waals surface area contributed by atoms with Crippen molar-refractivity contribution in [3.8, 4) is 0 Å². The number of nitrogens with zero attached hydrogens (tertiary/aromatic N) is 3. The van der Waals surface area contributed by atoms with Crippen molar-refractivity contribution in [2.45, 2.75) is 6.04 Å². The first-order valence-corrected chi connectivity index (χ1v) is 8.81. The van der Waals surface area contributed by atoms with Crippen LogP contribution in [0.1, 0.15) is 5.56 Å². The number of amidine groups is 1. The second-order valence-electron chi connectivity index (χ2n) is 6.91. The van der Waals surface area contributed by atoms with Gasteiger partial charge in [0.2, 0.25) is 0 Å². The number of carbonyl (C=O) groups excluding carboxylic acids is 2. The van der Waals surface area contributed by atoms with Crippen molar-refractivity contribution in [2.24, 2.45) is 21.8 Å². The lowest BCUT2D eigenvalue weighted by Gasteiger charge is -2.32. The number of nitro benzene ring substituents is 1. The minimum absolute atomic E-state index is 0.0199. The Hall–Kier alpha value is -3.74. The van der Waals surface area contributed by atoms with E-state index in [0.717, 1.165) is 0 Å². The molecule has 7 nitrogen and oxygen atoms in total. The van der Waals surface area contributed by atoms with E-state index in [1.807, 2.05) is 0 Å². The van der Waals surface area contributed by atoms with Crippen LogP contribution in [0.3, 0.4) is 0 Å². The second-order valence-corrected chi connectivity index (χ2v) is 6.91. The normalized spacial score (nSPS) is 27.2. The molecule has 1 aromatic rings. The van der Waals surface area contributed by atoms with Gasteiger partial charge in [-0.1, -0.05) is 24.3 Å². The van der Waals surface area contributed by atoms with E-state index in [-0.39, 0.29) is 17.3 Å². The van der Waals surface area contributed by atoms with Gasteiger partial charge in [-0.25, -0.2) is 4.99 Å². The zero-order chi connectivity index (χ0) is 19.4. The van der Waals surface area contributed by atoms with Gasteiger partial charge in [0.25, 0.3) is 5.69 Å². The van der Waals surface area contributed by atoms with Gasteiger partial charge >= 0.3 is 0 Å². The number of rotatable bonds is 2. The molecule has 1 aromatic carbocycles. The fraction of sp³-hybridized carbons (Fsp3) is 0.143. The van der Waals surface area contributed by atoms with Crippen LogP contribution >= 0.6 is 0 Å². The van der Waals surface area contributed by atoms with Gasteiger partial charge in [0, 0.05) is 28.8 Å². The van der Waals surface area contributed by atoms with Gasteiger partial charge in [-0.2, -0.15) is 0 Å². The maximum Gasteiger partial charge on any atom is 0.269 e.